The minimum Gasteiger partial charge on any atom is -0.298 e. The summed E-state index contributed by atoms with van der Waals surface area (Å²) in [6, 6.07) is 0. The van der Waals surface area contributed by atoms with Gasteiger partial charge < -0.3 is 0 Å². The number of carbonyl (C=O) groups excluding carboxylic acids is 1. The second-order valence-electron chi connectivity index (χ2n) is 3.06. The van der Waals surface area contributed by atoms with E-state index < -0.39 is 0 Å². The second-order valence-corrected chi connectivity index (χ2v) is 4.21. The molecule has 0 N–H and O–H groups in total. The normalized spacial score (nSPS) is 24.5. The van der Waals surface area contributed by atoms with Gasteiger partial charge in [0.25, 0.3) is 0 Å². The number of hydrogen-bond acceptors (Lipinski definition) is 2. The average Bonchev–Trinajstić information content (AvgIpc) is 2.06. The zero-order valence-electron chi connectivity index (χ0n) is 6.71. The van der Waals surface area contributed by atoms with Crippen LogP contribution in [-0.2, 0) is 4.79 Å². The van der Waals surface area contributed by atoms with Crippen molar-refractivity contribution in [2.24, 2.45) is 5.92 Å². The molecule has 0 aliphatic carbocycles. The van der Waals surface area contributed by atoms with E-state index in [1.807, 2.05) is 11.8 Å². The van der Waals surface area contributed by atoms with E-state index in [0.29, 0.717) is 5.92 Å². The molecule has 0 radical (unpaired) electrons. The Hall–Kier alpha value is -0.240. The van der Waals surface area contributed by atoms with Crippen LogP contribution in [0, 0.1) is 5.92 Å². The molecule has 1 aliphatic rings. The molecule has 0 aromatic heterocycles. The molecule has 0 saturated carbocycles. The smallest absolute Gasteiger partial charge is 0.145 e. The molecule has 1 atom stereocenters. The fourth-order valence-electron chi connectivity index (χ4n) is 1.39. The first-order valence-corrected chi connectivity index (χ1v) is 5.19. The van der Waals surface area contributed by atoms with Crippen LogP contribution in [0.5, 0.6) is 0 Å². The summed E-state index contributed by atoms with van der Waals surface area (Å²) in [5, 5.41) is 0. The predicted octanol–water partition coefficient (Wildman–Crippen LogP) is 2.27. The molecule has 1 heterocycles. The van der Waals surface area contributed by atoms with Crippen molar-refractivity contribution in [3.63, 3.8) is 0 Å². The van der Waals surface area contributed by atoms with Gasteiger partial charge in [0.05, 0.1) is 0 Å². The van der Waals surface area contributed by atoms with E-state index in [-0.39, 0.29) is 0 Å². The summed E-state index contributed by atoms with van der Waals surface area (Å²) in [6.07, 6.45) is 4.39. The summed E-state index contributed by atoms with van der Waals surface area (Å²) in [5.74, 6) is 3.23. The lowest BCUT2D eigenvalue weighted by Crippen LogP contribution is -2.11. The highest BCUT2D eigenvalue weighted by Gasteiger charge is 2.13. The molecule has 11 heavy (non-hydrogen) atoms. The first-order valence-electron chi connectivity index (χ1n) is 4.03. The number of allylic oxidation sites excluding steroid dienone is 1. The molecule has 1 unspecified atom stereocenters. The van der Waals surface area contributed by atoms with Gasteiger partial charge in [-0.05, 0) is 42.3 Å². The zero-order chi connectivity index (χ0) is 8.10. The molecule has 0 bridgehead atoms. The largest absolute Gasteiger partial charge is 0.298 e. The monoisotopic (exact) mass is 170 g/mol. The van der Waals surface area contributed by atoms with E-state index in [4.69, 9.17) is 0 Å². The Labute approximate surface area is 72.2 Å². The van der Waals surface area contributed by atoms with Crippen LogP contribution in [0.2, 0.25) is 0 Å². The summed E-state index contributed by atoms with van der Waals surface area (Å²) in [7, 11) is 0. The Kier molecular flexibility index (Phi) is 3.70. The van der Waals surface area contributed by atoms with Crippen molar-refractivity contribution in [1.29, 1.82) is 0 Å². The summed E-state index contributed by atoms with van der Waals surface area (Å²) in [5.41, 5.74) is 0.762. The zero-order valence-corrected chi connectivity index (χ0v) is 7.53. The summed E-state index contributed by atoms with van der Waals surface area (Å²) in [4.78, 5) is 10.3. The minimum atomic E-state index is 0.714. The summed E-state index contributed by atoms with van der Waals surface area (Å²) >= 11 is 2.00. The van der Waals surface area contributed by atoms with Crippen LogP contribution in [-0.4, -0.2) is 17.8 Å². The number of thioether (sulfide) groups is 1. The van der Waals surface area contributed by atoms with Gasteiger partial charge in [-0.2, -0.15) is 11.8 Å². The molecule has 62 valence electrons. The molecular weight excluding hydrogens is 156 g/mol. The highest BCUT2D eigenvalue weighted by Crippen LogP contribution is 2.26. The van der Waals surface area contributed by atoms with Crippen LogP contribution in [0.4, 0.5) is 0 Å². The van der Waals surface area contributed by atoms with Gasteiger partial charge >= 0.3 is 0 Å². The Morgan fingerprint density at radius 2 is 2.55 bits per heavy atom. The van der Waals surface area contributed by atoms with E-state index in [0.717, 1.165) is 18.3 Å². The van der Waals surface area contributed by atoms with Crippen LogP contribution in [0.25, 0.3) is 0 Å². The van der Waals surface area contributed by atoms with Crippen LogP contribution in [0.15, 0.2) is 12.2 Å². The van der Waals surface area contributed by atoms with Crippen molar-refractivity contribution >= 4 is 18.0 Å². The maximum absolute atomic E-state index is 10.3. The molecule has 0 aromatic carbocycles. The highest BCUT2D eigenvalue weighted by molar-refractivity contribution is 7.99. The Bertz CT molecular complexity index is 148. The van der Waals surface area contributed by atoms with Crippen molar-refractivity contribution < 1.29 is 4.79 Å². The molecule has 1 rings (SSSR count). The number of hydrogen-bond donors (Lipinski definition) is 0. The van der Waals surface area contributed by atoms with Gasteiger partial charge in [-0.25, -0.2) is 0 Å². The molecule has 0 aromatic rings. The molecule has 1 saturated heterocycles. The lowest BCUT2D eigenvalue weighted by Gasteiger charge is -2.20. The van der Waals surface area contributed by atoms with Crippen LogP contribution in [0.3, 0.4) is 0 Å². The number of carbonyl (C=O) groups is 1. The van der Waals surface area contributed by atoms with E-state index in [1.165, 1.54) is 24.3 Å². The molecule has 1 nitrogen and oxygen atoms in total. The fraction of sp³-hybridized carbons (Fsp3) is 0.667. The van der Waals surface area contributed by atoms with Crippen LogP contribution >= 0.6 is 11.8 Å². The molecule has 1 aliphatic heterocycles. The van der Waals surface area contributed by atoms with E-state index >= 15 is 0 Å². The molecule has 0 amide bonds. The first-order chi connectivity index (χ1) is 5.33. The van der Waals surface area contributed by atoms with Gasteiger partial charge in [0.15, 0.2) is 0 Å². The van der Waals surface area contributed by atoms with E-state index in [9.17, 15) is 4.79 Å². The second kappa shape index (κ2) is 4.60. The average molecular weight is 170 g/mol. The maximum Gasteiger partial charge on any atom is 0.145 e. The third-order valence-electron chi connectivity index (χ3n) is 1.97. The quantitative estimate of drug-likeness (QED) is 0.477. The highest BCUT2D eigenvalue weighted by atomic mass is 32.2. The standard InChI is InChI=1S/C9H14OS/c1-8(6-10)5-9-3-2-4-11-7-9/h6,9H,1-5,7H2. The van der Waals surface area contributed by atoms with Crippen LogP contribution in [0.1, 0.15) is 19.3 Å². The first kappa shape index (κ1) is 8.85. The van der Waals surface area contributed by atoms with E-state index in [1.54, 1.807) is 0 Å². The number of rotatable bonds is 3. The molecule has 1 fully saturated rings. The van der Waals surface area contributed by atoms with E-state index in [2.05, 4.69) is 6.58 Å². The number of aldehydes is 1. The van der Waals surface area contributed by atoms with Crippen molar-refractivity contribution in [3.05, 3.63) is 12.2 Å². The van der Waals surface area contributed by atoms with Gasteiger partial charge in [-0.15, -0.1) is 0 Å². The molecule has 2 heteroatoms. The topological polar surface area (TPSA) is 17.1 Å². The van der Waals surface area contributed by atoms with Crippen molar-refractivity contribution in [2.45, 2.75) is 19.3 Å². The third kappa shape index (κ3) is 3.10. The van der Waals surface area contributed by atoms with Crippen molar-refractivity contribution in [2.75, 3.05) is 11.5 Å². The minimum absolute atomic E-state index is 0.714. The Morgan fingerprint density at radius 1 is 1.73 bits per heavy atom. The SMILES string of the molecule is C=C(C=O)CC1CCCSC1. The Balaban J connectivity index is 2.24. The lowest BCUT2D eigenvalue weighted by atomic mass is 9.98. The van der Waals surface area contributed by atoms with Gasteiger partial charge in [-0.1, -0.05) is 6.58 Å². The summed E-state index contributed by atoms with van der Waals surface area (Å²) in [6.45, 7) is 3.69. The predicted molar refractivity (Wildman–Crippen MR) is 49.9 cm³/mol. The fourth-order valence-corrected chi connectivity index (χ4v) is 2.54. The lowest BCUT2D eigenvalue weighted by molar-refractivity contribution is -0.105. The van der Waals surface area contributed by atoms with Gasteiger partial charge in [0, 0.05) is 0 Å². The third-order valence-corrected chi connectivity index (χ3v) is 3.26. The molecular formula is C9H14OS. The van der Waals surface area contributed by atoms with Crippen molar-refractivity contribution in [1.82, 2.24) is 0 Å². The van der Waals surface area contributed by atoms with Gasteiger partial charge in [0.1, 0.15) is 6.29 Å². The summed E-state index contributed by atoms with van der Waals surface area (Å²) < 4.78 is 0. The van der Waals surface area contributed by atoms with Crippen molar-refractivity contribution in [3.8, 4) is 0 Å². The van der Waals surface area contributed by atoms with Gasteiger partial charge in [-0.3, -0.25) is 4.79 Å². The van der Waals surface area contributed by atoms with Crippen LogP contribution < -0.4 is 0 Å². The van der Waals surface area contributed by atoms with Gasteiger partial charge in [0.2, 0.25) is 0 Å². The Morgan fingerprint density at radius 3 is 3.09 bits per heavy atom. The maximum atomic E-state index is 10.3. The molecule has 0 spiro atoms.